The molecule has 0 bridgehead atoms. The third-order valence-corrected chi connectivity index (χ3v) is 3.38. The van der Waals surface area contributed by atoms with E-state index in [0.717, 1.165) is 12.5 Å². The van der Waals surface area contributed by atoms with Gasteiger partial charge in [0, 0.05) is 17.1 Å². The number of nitrogens with zero attached hydrogens (tertiary/aromatic N) is 4. The zero-order valence-electron chi connectivity index (χ0n) is 11.8. The first kappa shape index (κ1) is 14.8. The Kier molecular flexibility index (Phi) is 3.41. The Morgan fingerprint density at radius 3 is 2.74 bits per heavy atom. The number of nitriles is 1. The molecule has 5 nitrogen and oxygen atoms in total. The van der Waals surface area contributed by atoms with E-state index in [1.165, 1.54) is 18.0 Å². The van der Waals surface area contributed by atoms with Gasteiger partial charge in [-0.2, -0.15) is 23.2 Å². The van der Waals surface area contributed by atoms with E-state index in [-0.39, 0.29) is 11.3 Å². The minimum atomic E-state index is -4.59. The second kappa shape index (κ2) is 5.28. The second-order valence-corrected chi connectivity index (χ2v) is 4.65. The summed E-state index contributed by atoms with van der Waals surface area (Å²) in [7, 11) is 1.36. The third kappa shape index (κ3) is 2.36. The van der Waals surface area contributed by atoms with Crippen LogP contribution in [0.25, 0.3) is 22.2 Å². The summed E-state index contributed by atoms with van der Waals surface area (Å²) in [4.78, 5) is 12.4. The van der Waals surface area contributed by atoms with Crippen LogP contribution in [0.1, 0.15) is 11.1 Å². The Balaban J connectivity index is 2.38. The smallest absolute Gasteiger partial charge is 0.417 e. The molecule has 0 aliphatic heterocycles. The molecular weight excluding hydrogens is 309 g/mol. The van der Waals surface area contributed by atoms with Gasteiger partial charge in [-0.15, -0.1) is 0 Å². The van der Waals surface area contributed by atoms with Gasteiger partial charge in [-0.25, -0.2) is 9.97 Å². The van der Waals surface area contributed by atoms with Gasteiger partial charge < -0.3 is 4.84 Å². The lowest BCUT2D eigenvalue weighted by atomic mass is 10.0. The van der Waals surface area contributed by atoms with Crippen LogP contribution in [0.5, 0.6) is 0 Å². The average molecular weight is 318 g/mol. The number of hydrogen-bond donors (Lipinski definition) is 0. The lowest BCUT2D eigenvalue weighted by Gasteiger charge is -2.10. The molecule has 2 heterocycles. The van der Waals surface area contributed by atoms with Crippen LogP contribution in [-0.2, 0) is 6.18 Å². The van der Waals surface area contributed by atoms with Crippen molar-refractivity contribution in [2.24, 2.45) is 0 Å². The summed E-state index contributed by atoms with van der Waals surface area (Å²) in [6.07, 6.45) is -1.44. The molecule has 2 aromatic heterocycles. The fraction of sp³-hybridized carbons (Fsp3) is 0.133. The van der Waals surface area contributed by atoms with Crippen molar-refractivity contribution in [3.05, 3.63) is 48.0 Å². The van der Waals surface area contributed by atoms with Gasteiger partial charge in [0.2, 0.25) is 0 Å². The Morgan fingerprint density at radius 1 is 1.30 bits per heavy atom. The molecule has 0 amide bonds. The molecule has 0 saturated carbocycles. The molecule has 0 aliphatic carbocycles. The van der Waals surface area contributed by atoms with E-state index in [0.29, 0.717) is 16.5 Å². The quantitative estimate of drug-likeness (QED) is 0.728. The fourth-order valence-electron chi connectivity index (χ4n) is 2.42. The number of halogens is 3. The van der Waals surface area contributed by atoms with Gasteiger partial charge >= 0.3 is 6.18 Å². The maximum absolute atomic E-state index is 13.2. The maximum Gasteiger partial charge on any atom is 0.419 e. The van der Waals surface area contributed by atoms with Gasteiger partial charge in [-0.1, -0.05) is 12.1 Å². The van der Waals surface area contributed by atoms with Gasteiger partial charge in [-0.3, -0.25) is 0 Å². The monoisotopic (exact) mass is 318 g/mol. The Hall–Kier alpha value is -3.08. The summed E-state index contributed by atoms with van der Waals surface area (Å²) in [5.41, 5.74) is -0.313. The summed E-state index contributed by atoms with van der Waals surface area (Å²) in [5.74, 6) is 0. The van der Waals surface area contributed by atoms with Crippen molar-refractivity contribution in [1.82, 2.24) is 14.7 Å². The van der Waals surface area contributed by atoms with E-state index in [1.54, 1.807) is 18.2 Å². The number of benzene rings is 1. The van der Waals surface area contributed by atoms with Crippen LogP contribution in [0, 0.1) is 11.3 Å². The standard InChI is InChI=1S/C15H9F3N4O/c1-23-22-7-11(10-4-2-3-9(5-19)14(10)22)13-12(15(16,17)18)6-20-8-21-13/h2-4,6-8H,1H3. The number of hydrogen-bond acceptors (Lipinski definition) is 4. The van der Waals surface area contributed by atoms with Crippen LogP contribution in [0.15, 0.2) is 36.9 Å². The highest BCUT2D eigenvalue weighted by atomic mass is 19.4. The van der Waals surface area contributed by atoms with Crippen molar-refractivity contribution in [2.75, 3.05) is 7.11 Å². The Labute approximate surface area is 128 Å². The van der Waals surface area contributed by atoms with Crippen LogP contribution >= 0.6 is 0 Å². The summed E-state index contributed by atoms with van der Waals surface area (Å²) >= 11 is 0. The predicted molar refractivity (Wildman–Crippen MR) is 75.2 cm³/mol. The first-order chi connectivity index (χ1) is 11.0. The number of rotatable bonds is 2. The van der Waals surface area contributed by atoms with E-state index < -0.39 is 11.7 Å². The largest absolute Gasteiger partial charge is 0.419 e. The zero-order valence-corrected chi connectivity index (χ0v) is 11.8. The molecule has 0 unspecified atom stereocenters. The molecule has 0 N–H and O–H groups in total. The number of aromatic nitrogens is 3. The molecule has 0 atom stereocenters. The number of fused-ring (bicyclic) bond motifs is 1. The molecule has 23 heavy (non-hydrogen) atoms. The number of para-hydroxylation sites is 1. The topological polar surface area (TPSA) is 63.7 Å². The summed E-state index contributed by atoms with van der Waals surface area (Å²) in [6, 6.07) is 6.77. The molecular formula is C15H9F3N4O. The van der Waals surface area contributed by atoms with Gasteiger partial charge in [-0.05, 0) is 6.07 Å². The van der Waals surface area contributed by atoms with E-state index in [4.69, 9.17) is 4.84 Å². The molecule has 0 saturated heterocycles. The SMILES string of the molecule is COn1cc(-c2ncncc2C(F)(F)F)c2cccc(C#N)c21. The zero-order chi connectivity index (χ0) is 16.6. The minimum absolute atomic E-state index is 0.216. The predicted octanol–water partition coefficient (Wildman–Crippen LogP) is 3.05. The second-order valence-electron chi connectivity index (χ2n) is 4.65. The first-order valence-corrected chi connectivity index (χ1v) is 6.43. The van der Waals surface area contributed by atoms with Crippen molar-refractivity contribution in [3.63, 3.8) is 0 Å². The van der Waals surface area contributed by atoms with E-state index >= 15 is 0 Å². The van der Waals surface area contributed by atoms with Crippen LogP contribution in [0.3, 0.4) is 0 Å². The highest BCUT2D eigenvalue weighted by Gasteiger charge is 2.35. The van der Waals surface area contributed by atoms with Crippen molar-refractivity contribution < 1.29 is 18.0 Å². The Bertz CT molecular complexity index is 925. The van der Waals surface area contributed by atoms with Gasteiger partial charge in [0.05, 0.1) is 17.5 Å². The van der Waals surface area contributed by atoms with Crippen LogP contribution in [0.4, 0.5) is 13.2 Å². The van der Waals surface area contributed by atoms with Gasteiger partial charge in [0.1, 0.15) is 30.6 Å². The maximum atomic E-state index is 13.2. The molecule has 0 fully saturated rings. The lowest BCUT2D eigenvalue weighted by Crippen LogP contribution is -2.09. The Morgan fingerprint density at radius 2 is 2.09 bits per heavy atom. The van der Waals surface area contributed by atoms with Crippen LogP contribution < -0.4 is 4.84 Å². The summed E-state index contributed by atoms with van der Waals surface area (Å²) < 4.78 is 40.8. The minimum Gasteiger partial charge on any atom is -0.417 e. The molecule has 8 heteroatoms. The van der Waals surface area contributed by atoms with Crippen molar-refractivity contribution in [2.45, 2.75) is 6.18 Å². The van der Waals surface area contributed by atoms with E-state index in [2.05, 4.69) is 9.97 Å². The van der Waals surface area contributed by atoms with Crippen LogP contribution in [-0.4, -0.2) is 21.8 Å². The molecule has 0 aliphatic rings. The molecule has 1 aromatic carbocycles. The van der Waals surface area contributed by atoms with Crippen molar-refractivity contribution >= 4 is 10.9 Å². The molecule has 116 valence electrons. The fourth-order valence-corrected chi connectivity index (χ4v) is 2.42. The van der Waals surface area contributed by atoms with Crippen molar-refractivity contribution in [3.8, 4) is 17.3 Å². The van der Waals surface area contributed by atoms with Crippen molar-refractivity contribution in [1.29, 1.82) is 5.26 Å². The molecule has 0 spiro atoms. The first-order valence-electron chi connectivity index (χ1n) is 6.43. The van der Waals surface area contributed by atoms with E-state index in [9.17, 15) is 18.4 Å². The highest BCUT2D eigenvalue weighted by Crippen LogP contribution is 2.38. The average Bonchev–Trinajstić information content (AvgIpc) is 2.93. The van der Waals surface area contributed by atoms with Crippen LogP contribution in [0.2, 0.25) is 0 Å². The summed E-state index contributed by atoms with van der Waals surface area (Å²) in [5, 5.41) is 9.63. The summed E-state index contributed by atoms with van der Waals surface area (Å²) in [6.45, 7) is 0. The lowest BCUT2D eigenvalue weighted by molar-refractivity contribution is -0.137. The van der Waals surface area contributed by atoms with Gasteiger partial charge in [0.15, 0.2) is 0 Å². The van der Waals surface area contributed by atoms with Gasteiger partial charge in [0.25, 0.3) is 0 Å². The van der Waals surface area contributed by atoms with E-state index in [1.807, 2.05) is 6.07 Å². The normalized spacial score (nSPS) is 11.4. The molecule has 3 rings (SSSR count). The molecule has 3 aromatic rings. The highest BCUT2D eigenvalue weighted by molar-refractivity contribution is 5.98. The third-order valence-electron chi connectivity index (χ3n) is 3.38. The molecule has 0 radical (unpaired) electrons. The number of alkyl halides is 3.